The van der Waals surface area contributed by atoms with Crippen molar-refractivity contribution >= 4 is 5.65 Å². The van der Waals surface area contributed by atoms with E-state index in [1.165, 1.54) is 0 Å². The van der Waals surface area contributed by atoms with E-state index in [0.29, 0.717) is 6.61 Å². The highest BCUT2D eigenvalue weighted by Gasteiger charge is 2.00. The lowest BCUT2D eigenvalue weighted by atomic mass is 10.2. The molecule has 0 aliphatic heterocycles. The molecule has 0 radical (unpaired) electrons. The molecular weight excluding hydrogens is 228 g/mol. The lowest BCUT2D eigenvalue weighted by Gasteiger charge is -2.04. The first-order valence-electron chi connectivity index (χ1n) is 6.42. The number of fused-ring (bicyclic) bond motifs is 1. The Morgan fingerprint density at radius 2 is 2.22 bits per heavy atom. The lowest BCUT2D eigenvalue weighted by Crippen LogP contribution is -2.15. The van der Waals surface area contributed by atoms with Crippen LogP contribution >= 0.6 is 0 Å². The molecule has 0 saturated heterocycles. The van der Waals surface area contributed by atoms with E-state index in [4.69, 9.17) is 5.11 Å². The van der Waals surface area contributed by atoms with Crippen LogP contribution in [0.4, 0.5) is 0 Å². The van der Waals surface area contributed by atoms with Gasteiger partial charge in [0.1, 0.15) is 0 Å². The minimum atomic E-state index is 0.291. The number of rotatable bonds is 7. The fourth-order valence-corrected chi connectivity index (χ4v) is 1.90. The van der Waals surface area contributed by atoms with Gasteiger partial charge in [-0.25, -0.2) is 9.50 Å². The highest BCUT2D eigenvalue weighted by atomic mass is 16.2. The molecule has 0 amide bonds. The van der Waals surface area contributed by atoms with Crippen LogP contribution in [0.25, 0.3) is 5.65 Å². The molecule has 2 aromatic rings. The van der Waals surface area contributed by atoms with E-state index in [1.807, 2.05) is 29.9 Å². The first-order valence-corrected chi connectivity index (χ1v) is 6.42. The van der Waals surface area contributed by atoms with Crippen LogP contribution in [0, 0.1) is 6.92 Å². The van der Waals surface area contributed by atoms with Gasteiger partial charge in [-0.2, -0.15) is 5.10 Å². The van der Waals surface area contributed by atoms with Crippen LogP contribution in [0.2, 0.25) is 0 Å². The molecule has 0 aromatic carbocycles. The van der Waals surface area contributed by atoms with Crippen LogP contribution in [0.3, 0.4) is 0 Å². The predicted octanol–water partition coefficient (Wildman–Crippen LogP) is 1.29. The molecule has 98 valence electrons. The molecule has 2 N–H and O–H groups in total. The number of unbranched alkanes of at least 4 members (excludes halogenated alkanes) is 2. The van der Waals surface area contributed by atoms with Gasteiger partial charge in [-0.05, 0) is 32.7 Å². The van der Waals surface area contributed by atoms with Crippen molar-refractivity contribution in [2.24, 2.45) is 0 Å². The zero-order valence-electron chi connectivity index (χ0n) is 10.8. The van der Waals surface area contributed by atoms with Gasteiger partial charge in [-0.1, -0.05) is 0 Å². The molecule has 2 rings (SSSR count). The summed E-state index contributed by atoms with van der Waals surface area (Å²) in [5, 5.41) is 16.4. The SMILES string of the molecule is Cc1cc2ncc(CNCCCCCO)cn2n1. The van der Waals surface area contributed by atoms with Crippen LogP contribution in [0.5, 0.6) is 0 Å². The van der Waals surface area contributed by atoms with Crippen LogP contribution in [-0.2, 0) is 6.54 Å². The summed E-state index contributed by atoms with van der Waals surface area (Å²) >= 11 is 0. The molecule has 0 saturated carbocycles. The summed E-state index contributed by atoms with van der Waals surface area (Å²) in [5.41, 5.74) is 3.00. The van der Waals surface area contributed by atoms with E-state index in [1.54, 1.807) is 0 Å². The van der Waals surface area contributed by atoms with Crippen molar-refractivity contribution in [2.45, 2.75) is 32.7 Å². The topological polar surface area (TPSA) is 62.5 Å². The molecule has 5 heteroatoms. The standard InChI is InChI=1S/C13H20N4O/c1-11-7-13-15-9-12(10-17(13)16-11)8-14-5-3-2-4-6-18/h7,9-10,14,18H,2-6,8H2,1H3. The largest absolute Gasteiger partial charge is 0.396 e. The quantitative estimate of drug-likeness (QED) is 0.725. The molecule has 0 aliphatic rings. The Bertz CT molecular complexity index is 495. The fourth-order valence-electron chi connectivity index (χ4n) is 1.90. The van der Waals surface area contributed by atoms with E-state index in [9.17, 15) is 0 Å². The van der Waals surface area contributed by atoms with Crippen molar-refractivity contribution in [3.63, 3.8) is 0 Å². The molecule has 18 heavy (non-hydrogen) atoms. The number of aliphatic hydroxyl groups is 1. The first kappa shape index (κ1) is 13.0. The molecule has 5 nitrogen and oxygen atoms in total. The third kappa shape index (κ3) is 3.51. The number of aromatic nitrogens is 3. The average Bonchev–Trinajstić information content (AvgIpc) is 2.73. The van der Waals surface area contributed by atoms with Gasteiger partial charge in [0, 0.05) is 37.2 Å². The summed E-state index contributed by atoms with van der Waals surface area (Å²) in [6.07, 6.45) is 6.95. The zero-order chi connectivity index (χ0) is 12.8. The van der Waals surface area contributed by atoms with Gasteiger partial charge in [0.15, 0.2) is 5.65 Å². The summed E-state index contributed by atoms with van der Waals surface area (Å²) in [6, 6.07) is 1.96. The first-order chi connectivity index (χ1) is 8.79. The molecule has 2 heterocycles. The maximum Gasteiger partial charge on any atom is 0.155 e. The minimum absolute atomic E-state index is 0.291. The summed E-state index contributed by atoms with van der Waals surface area (Å²) in [5.74, 6) is 0. The van der Waals surface area contributed by atoms with Crippen molar-refractivity contribution in [1.82, 2.24) is 19.9 Å². The molecular formula is C13H20N4O. The van der Waals surface area contributed by atoms with Crippen molar-refractivity contribution in [3.05, 3.63) is 29.7 Å². The summed E-state index contributed by atoms with van der Waals surface area (Å²) in [7, 11) is 0. The molecule has 0 aliphatic carbocycles. The van der Waals surface area contributed by atoms with Crippen LogP contribution in [-0.4, -0.2) is 32.9 Å². The summed E-state index contributed by atoms with van der Waals surface area (Å²) < 4.78 is 1.82. The maximum atomic E-state index is 8.66. The van der Waals surface area contributed by atoms with E-state index in [-0.39, 0.29) is 0 Å². The van der Waals surface area contributed by atoms with E-state index in [0.717, 1.165) is 49.3 Å². The smallest absolute Gasteiger partial charge is 0.155 e. The number of hydrogen-bond donors (Lipinski definition) is 2. The van der Waals surface area contributed by atoms with Gasteiger partial charge < -0.3 is 10.4 Å². The van der Waals surface area contributed by atoms with Gasteiger partial charge >= 0.3 is 0 Å². The minimum Gasteiger partial charge on any atom is -0.396 e. The van der Waals surface area contributed by atoms with Crippen LogP contribution in [0.1, 0.15) is 30.5 Å². The zero-order valence-corrected chi connectivity index (χ0v) is 10.8. The Hall–Kier alpha value is -1.46. The molecule has 0 spiro atoms. The Balaban J connectivity index is 1.80. The third-order valence-corrected chi connectivity index (χ3v) is 2.83. The van der Waals surface area contributed by atoms with Crippen molar-refractivity contribution < 1.29 is 5.11 Å². The summed E-state index contributed by atoms with van der Waals surface area (Å²) in [4.78, 5) is 4.36. The van der Waals surface area contributed by atoms with Crippen LogP contribution < -0.4 is 5.32 Å². The monoisotopic (exact) mass is 248 g/mol. The Morgan fingerprint density at radius 1 is 1.33 bits per heavy atom. The fraction of sp³-hybridized carbons (Fsp3) is 0.538. The van der Waals surface area contributed by atoms with Gasteiger partial charge in [-0.3, -0.25) is 0 Å². The van der Waals surface area contributed by atoms with E-state index < -0.39 is 0 Å². The highest BCUT2D eigenvalue weighted by molar-refractivity contribution is 5.38. The van der Waals surface area contributed by atoms with E-state index >= 15 is 0 Å². The third-order valence-electron chi connectivity index (χ3n) is 2.83. The van der Waals surface area contributed by atoms with Crippen molar-refractivity contribution in [2.75, 3.05) is 13.2 Å². The molecule has 0 bridgehead atoms. The Morgan fingerprint density at radius 3 is 3.06 bits per heavy atom. The second-order valence-electron chi connectivity index (χ2n) is 4.51. The second kappa shape index (κ2) is 6.47. The molecule has 0 unspecified atom stereocenters. The number of aryl methyl sites for hydroxylation is 1. The van der Waals surface area contributed by atoms with Crippen molar-refractivity contribution in [1.29, 1.82) is 0 Å². The van der Waals surface area contributed by atoms with Crippen molar-refractivity contribution in [3.8, 4) is 0 Å². The van der Waals surface area contributed by atoms with Gasteiger partial charge in [-0.15, -0.1) is 0 Å². The predicted molar refractivity (Wildman–Crippen MR) is 70.4 cm³/mol. The number of aliphatic hydroxyl groups excluding tert-OH is 1. The van der Waals surface area contributed by atoms with Crippen LogP contribution in [0.15, 0.2) is 18.5 Å². The average molecular weight is 248 g/mol. The van der Waals surface area contributed by atoms with E-state index in [2.05, 4.69) is 15.4 Å². The number of nitrogens with zero attached hydrogens (tertiary/aromatic N) is 3. The van der Waals surface area contributed by atoms with Gasteiger partial charge in [0.05, 0.1) is 5.69 Å². The molecule has 0 atom stereocenters. The Kier molecular flexibility index (Phi) is 4.66. The van der Waals surface area contributed by atoms with Gasteiger partial charge in [0.25, 0.3) is 0 Å². The lowest BCUT2D eigenvalue weighted by molar-refractivity contribution is 0.283. The number of nitrogens with one attached hydrogen (secondary N) is 1. The highest BCUT2D eigenvalue weighted by Crippen LogP contribution is 2.04. The maximum absolute atomic E-state index is 8.66. The normalized spacial score (nSPS) is 11.2. The second-order valence-corrected chi connectivity index (χ2v) is 4.51. The van der Waals surface area contributed by atoms with Gasteiger partial charge in [0.2, 0.25) is 0 Å². The Labute approximate surface area is 107 Å². The number of hydrogen-bond acceptors (Lipinski definition) is 4. The molecule has 2 aromatic heterocycles. The molecule has 0 fully saturated rings. The summed E-state index contributed by atoms with van der Waals surface area (Å²) in [6.45, 7) is 4.03.